The van der Waals surface area contributed by atoms with E-state index in [-0.39, 0.29) is 40.8 Å². The van der Waals surface area contributed by atoms with Crippen molar-refractivity contribution in [1.82, 2.24) is 0 Å². The Hall–Kier alpha value is -3.62. The summed E-state index contributed by atoms with van der Waals surface area (Å²) < 4.78 is 44.2. The fraction of sp³-hybridized carbons (Fsp3) is 0.528. The minimum atomic E-state index is -2.64. The second-order valence-electron chi connectivity index (χ2n) is 19.6. The summed E-state index contributed by atoms with van der Waals surface area (Å²) >= 11 is 0. The van der Waals surface area contributed by atoms with Crippen molar-refractivity contribution in [1.29, 1.82) is 0 Å². The van der Waals surface area contributed by atoms with E-state index in [1.807, 2.05) is 30.3 Å². The summed E-state index contributed by atoms with van der Waals surface area (Å²) in [6, 6.07) is 29.4. The molecule has 0 aromatic heterocycles. The lowest BCUT2D eigenvalue weighted by Crippen LogP contribution is -2.66. The molecule has 0 amide bonds. The Balaban J connectivity index is 1.48. The molecule has 0 saturated carbocycles. The van der Waals surface area contributed by atoms with Gasteiger partial charge in [-0.1, -0.05) is 157 Å². The Morgan fingerprint density at radius 3 is 2.06 bits per heavy atom. The molecule has 3 aromatic rings. The number of ether oxygens (including phenoxy) is 5. The molecule has 0 aliphatic carbocycles. The number of methoxy groups -OCH3 is 1. The molecular formula is C53H78O8Si2. The van der Waals surface area contributed by atoms with E-state index in [2.05, 4.69) is 154 Å². The molecule has 0 radical (unpaired) electrons. The van der Waals surface area contributed by atoms with E-state index < -0.39 is 22.9 Å². The molecule has 8 nitrogen and oxygen atoms in total. The molecular weight excluding hydrogens is 821 g/mol. The van der Waals surface area contributed by atoms with E-state index >= 15 is 0 Å². The second-order valence-corrected chi connectivity index (χ2v) is 28.6. The molecule has 1 heterocycles. The van der Waals surface area contributed by atoms with Crippen LogP contribution in [-0.2, 0) is 39.2 Å². The highest BCUT2D eigenvalue weighted by atomic mass is 28.4. The van der Waals surface area contributed by atoms with Gasteiger partial charge in [0.2, 0.25) is 0 Å². The third-order valence-electron chi connectivity index (χ3n) is 12.2. The van der Waals surface area contributed by atoms with Crippen LogP contribution in [0, 0.1) is 0 Å². The van der Waals surface area contributed by atoms with Gasteiger partial charge in [-0.15, -0.1) is 0 Å². The first-order chi connectivity index (χ1) is 29.9. The molecule has 1 saturated heterocycles. The van der Waals surface area contributed by atoms with Crippen LogP contribution in [0.2, 0.25) is 23.2 Å². The van der Waals surface area contributed by atoms with Crippen molar-refractivity contribution in [2.24, 2.45) is 0 Å². The predicted octanol–water partition coefficient (Wildman–Crippen LogP) is 11.6. The lowest BCUT2D eigenvalue weighted by atomic mass is 10.0. The second kappa shape index (κ2) is 24.6. The summed E-state index contributed by atoms with van der Waals surface area (Å²) in [7, 11) is -3.09. The van der Waals surface area contributed by atoms with Gasteiger partial charge in [-0.25, -0.2) is 0 Å². The molecule has 1 aliphatic heterocycles. The molecule has 1 fully saturated rings. The third-order valence-corrected chi connectivity index (χ3v) is 21.7. The normalized spacial score (nSPS) is 18.7. The number of benzene rings is 3. The van der Waals surface area contributed by atoms with Crippen LogP contribution in [0.1, 0.15) is 106 Å². The first-order valence-corrected chi connectivity index (χ1v) is 27.8. The summed E-state index contributed by atoms with van der Waals surface area (Å²) in [5.41, 5.74) is 3.36. The predicted molar refractivity (Wildman–Crippen MR) is 263 cm³/mol. The van der Waals surface area contributed by atoms with Crippen molar-refractivity contribution in [3.63, 3.8) is 0 Å². The van der Waals surface area contributed by atoms with Crippen LogP contribution in [0.25, 0.3) is 0 Å². The fourth-order valence-electron chi connectivity index (χ4n) is 7.65. The summed E-state index contributed by atoms with van der Waals surface area (Å²) in [5.74, 6) is 0.577. The molecule has 0 unspecified atom stereocenters. The molecule has 3 aromatic carbocycles. The van der Waals surface area contributed by atoms with Crippen LogP contribution >= 0.6 is 0 Å². The largest absolute Gasteiger partial charge is 0.497 e. The molecule has 1 aliphatic rings. The van der Waals surface area contributed by atoms with Crippen LogP contribution in [0.15, 0.2) is 120 Å². The van der Waals surface area contributed by atoms with Gasteiger partial charge in [0, 0.05) is 6.42 Å². The summed E-state index contributed by atoms with van der Waals surface area (Å²) in [4.78, 5) is 12.9. The van der Waals surface area contributed by atoms with Gasteiger partial charge in [-0.3, -0.25) is 4.79 Å². The number of carbonyl (C=O) groups is 1. The fourth-order valence-corrected chi connectivity index (χ4v) is 13.5. The van der Waals surface area contributed by atoms with E-state index in [0.29, 0.717) is 39.3 Å². The van der Waals surface area contributed by atoms with Crippen molar-refractivity contribution in [3.8, 4) is 5.75 Å². The number of unbranched alkanes of at least 4 members (excludes halogenated alkanes) is 1. The highest BCUT2D eigenvalue weighted by molar-refractivity contribution is 6.99. The SMILES string of the molecule is CCCCOC(=O)C[C@H]1C[C@@H](/C=C/C/C(C)=C\CO[Si](c2ccccc2)(c2ccccc2)C(C)(C)C)O[C@@H](/C=C(\C)C[C@H](COCc2ccc(OC)cc2)O[Si](C)(C)C(C)(C)C)O1. The van der Waals surface area contributed by atoms with Crippen molar-refractivity contribution in [3.05, 3.63) is 126 Å². The van der Waals surface area contributed by atoms with Crippen LogP contribution in [0.5, 0.6) is 5.75 Å². The molecule has 10 heteroatoms. The van der Waals surface area contributed by atoms with Crippen LogP contribution < -0.4 is 15.1 Å². The van der Waals surface area contributed by atoms with Gasteiger partial charge < -0.3 is 32.5 Å². The maximum atomic E-state index is 12.9. The van der Waals surface area contributed by atoms with Gasteiger partial charge in [-0.2, -0.15) is 0 Å². The van der Waals surface area contributed by atoms with E-state index in [1.54, 1.807) is 7.11 Å². The third kappa shape index (κ3) is 16.1. The van der Waals surface area contributed by atoms with E-state index in [1.165, 1.54) is 15.9 Å². The van der Waals surface area contributed by atoms with Gasteiger partial charge in [0.15, 0.2) is 14.6 Å². The van der Waals surface area contributed by atoms with Crippen molar-refractivity contribution in [2.45, 2.75) is 155 Å². The number of hydrogen-bond acceptors (Lipinski definition) is 8. The van der Waals surface area contributed by atoms with Crippen molar-refractivity contribution in [2.75, 3.05) is 26.9 Å². The maximum Gasteiger partial charge on any atom is 0.308 e. The highest BCUT2D eigenvalue weighted by Crippen LogP contribution is 2.39. The average molecular weight is 899 g/mol. The quantitative estimate of drug-likeness (QED) is 0.0403. The molecule has 4 rings (SSSR count). The number of esters is 1. The monoisotopic (exact) mass is 899 g/mol. The first kappa shape index (κ1) is 52.0. The van der Waals surface area contributed by atoms with Gasteiger partial charge in [0.1, 0.15) is 5.75 Å². The summed E-state index contributed by atoms with van der Waals surface area (Å²) in [6.07, 6.45) is 11.1. The summed E-state index contributed by atoms with van der Waals surface area (Å²) in [5, 5.41) is 2.48. The van der Waals surface area contributed by atoms with Gasteiger partial charge in [0.05, 0.1) is 58.3 Å². The van der Waals surface area contributed by atoms with Crippen molar-refractivity contribution < 1.29 is 37.3 Å². The summed E-state index contributed by atoms with van der Waals surface area (Å²) in [6.45, 7) is 26.4. The Bertz CT molecular complexity index is 1860. The zero-order valence-electron chi connectivity index (χ0n) is 40.5. The molecule has 0 bridgehead atoms. The molecule has 346 valence electrons. The molecule has 0 spiro atoms. The number of rotatable bonds is 23. The lowest BCUT2D eigenvalue weighted by molar-refractivity contribution is -0.211. The van der Waals surface area contributed by atoms with E-state index in [9.17, 15) is 4.79 Å². The topological polar surface area (TPSA) is 81.7 Å². The Morgan fingerprint density at radius 2 is 1.49 bits per heavy atom. The van der Waals surface area contributed by atoms with Gasteiger partial charge in [0.25, 0.3) is 8.32 Å². The van der Waals surface area contributed by atoms with E-state index in [4.69, 9.17) is 32.5 Å². The molecule has 4 atom stereocenters. The smallest absolute Gasteiger partial charge is 0.308 e. The van der Waals surface area contributed by atoms with Crippen LogP contribution in [0.3, 0.4) is 0 Å². The number of carbonyl (C=O) groups excluding carboxylic acids is 1. The minimum absolute atomic E-state index is 0.0383. The standard InChI is InChI=1S/C53H78O8Si2/c1-13-14-33-57-50(54)38-46-37-45(23-21-22-41(2)32-34-58-63(53(7,8)9,48-24-17-15-18-25-48)49-26-19-16-20-27-49)59-51(60-46)36-42(3)35-47(61-62(11,12)52(4,5)6)40-56-39-43-28-30-44(55-10)31-29-43/h15-21,23-32,36,45-47,51H,13-14,22,33-35,37-40H2,1-12H3/b23-21+,41-32-,42-36+/t45-,46-,47-,51-/m1/s1. The zero-order valence-corrected chi connectivity index (χ0v) is 42.5. The maximum absolute atomic E-state index is 12.9. The van der Waals surface area contributed by atoms with Gasteiger partial charge in [-0.05, 0) is 90.4 Å². The number of hydrogen-bond donors (Lipinski definition) is 0. The van der Waals surface area contributed by atoms with Crippen LogP contribution in [-0.4, -0.2) is 74.1 Å². The van der Waals surface area contributed by atoms with Crippen LogP contribution in [0.4, 0.5) is 0 Å². The van der Waals surface area contributed by atoms with E-state index in [0.717, 1.165) is 36.1 Å². The Morgan fingerprint density at radius 1 is 0.857 bits per heavy atom. The first-order valence-electron chi connectivity index (χ1n) is 23.0. The Kier molecular flexibility index (Phi) is 20.3. The molecule has 63 heavy (non-hydrogen) atoms. The van der Waals surface area contributed by atoms with Gasteiger partial charge >= 0.3 is 5.97 Å². The Labute approximate surface area is 382 Å². The molecule has 0 N–H and O–H groups in total. The lowest BCUT2D eigenvalue weighted by Gasteiger charge is -2.42. The number of allylic oxidation sites excluding steroid dienone is 2. The highest BCUT2D eigenvalue weighted by Gasteiger charge is 2.50. The van der Waals surface area contributed by atoms with Crippen molar-refractivity contribution >= 4 is 33.0 Å². The average Bonchev–Trinajstić information content (AvgIpc) is 3.22. The zero-order chi connectivity index (χ0) is 46.1. The minimum Gasteiger partial charge on any atom is -0.497 e.